The molecule has 0 spiro atoms. The third kappa shape index (κ3) is 3.54. The van der Waals surface area contributed by atoms with Crippen LogP contribution in [0.15, 0.2) is 53.6 Å². The Balaban J connectivity index is 1.54. The number of anilines is 1. The fourth-order valence-electron chi connectivity index (χ4n) is 3.39. The van der Waals surface area contributed by atoms with Crippen molar-refractivity contribution < 1.29 is 9.53 Å². The van der Waals surface area contributed by atoms with E-state index in [-0.39, 0.29) is 11.7 Å². The molecular weight excluding hydrogens is 370 g/mol. The Kier molecular flexibility index (Phi) is 5.18. The van der Waals surface area contributed by atoms with Crippen LogP contribution in [0.3, 0.4) is 0 Å². The average Bonchev–Trinajstić information content (AvgIpc) is 3.16. The van der Waals surface area contributed by atoms with Crippen LogP contribution in [0, 0.1) is 11.3 Å². The largest absolute Gasteiger partial charge is 0.494 e. The van der Waals surface area contributed by atoms with Gasteiger partial charge in [-0.1, -0.05) is 30.0 Å². The van der Waals surface area contributed by atoms with Crippen LogP contribution in [0.25, 0.3) is 10.9 Å². The molecule has 0 saturated heterocycles. The Bertz CT molecular complexity index is 1090. The lowest BCUT2D eigenvalue weighted by molar-refractivity contribution is -0.116. The van der Waals surface area contributed by atoms with Crippen molar-refractivity contribution in [1.82, 2.24) is 4.98 Å². The van der Waals surface area contributed by atoms with E-state index in [0.29, 0.717) is 23.7 Å². The molecule has 3 aromatic rings. The second-order valence-corrected chi connectivity index (χ2v) is 7.42. The van der Waals surface area contributed by atoms with Crippen molar-refractivity contribution in [3.05, 3.63) is 59.7 Å². The molecule has 1 aromatic heterocycles. The smallest absolute Gasteiger partial charge is 0.237 e. The normalized spacial score (nSPS) is 12.6. The SMILES string of the molecule is CCOc1ccc2nc(SCC(=O)N3CCc4ccccc43)c(C#N)cc2c1. The summed E-state index contributed by atoms with van der Waals surface area (Å²) in [6.07, 6.45) is 0.881. The predicted octanol–water partition coefficient (Wildman–Crippen LogP) is 4.19. The van der Waals surface area contributed by atoms with Crippen LogP contribution >= 0.6 is 11.8 Å². The number of benzene rings is 2. The summed E-state index contributed by atoms with van der Waals surface area (Å²) in [6.45, 7) is 3.22. The number of amides is 1. The van der Waals surface area contributed by atoms with Gasteiger partial charge in [0.25, 0.3) is 0 Å². The molecule has 1 aliphatic rings. The molecule has 1 aliphatic heterocycles. The quantitative estimate of drug-likeness (QED) is 0.612. The molecule has 6 heteroatoms. The maximum absolute atomic E-state index is 12.7. The third-order valence-electron chi connectivity index (χ3n) is 4.70. The van der Waals surface area contributed by atoms with Gasteiger partial charge in [0.1, 0.15) is 16.8 Å². The van der Waals surface area contributed by atoms with Gasteiger partial charge in [-0.15, -0.1) is 0 Å². The molecule has 2 heterocycles. The van der Waals surface area contributed by atoms with Crippen molar-refractivity contribution >= 4 is 34.3 Å². The lowest BCUT2D eigenvalue weighted by Gasteiger charge is -2.17. The van der Waals surface area contributed by atoms with Crippen LogP contribution in [0.1, 0.15) is 18.1 Å². The highest BCUT2D eigenvalue weighted by Gasteiger charge is 2.24. The highest BCUT2D eigenvalue weighted by Crippen LogP contribution is 2.30. The van der Waals surface area contributed by atoms with Gasteiger partial charge in [-0.3, -0.25) is 4.79 Å². The number of nitriles is 1. The van der Waals surface area contributed by atoms with Gasteiger partial charge in [-0.25, -0.2) is 4.98 Å². The number of rotatable bonds is 5. The zero-order valence-electron chi connectivity index (χ0n) is 15.5. The first kappa shape index (κ1) is 18.3. The first-order valence-corrected chi connectivity index (χ1v) is 10.2. The van der Waals surface area contributed by atoms with Crippen molar-refractivity contribution in [1.29, 1.82) is 5.26 Å². The van der Waals surface area contributed by atoms with Crippen molar-refractivity contribution in [2.24, 2.45) is 0 Å². The van der Waals surface area contributed by atoms with E-state index in [0.717, 1.165) is 28.8 Å². The zero-order chi connectivity index (χ0) is 19.5. The Morgan fingerprint density at radius 1 is 1.29 bits per heavy atom. The van der Waals surface area contributed by atoms with Crippen molar-refractivity contribution in [3.8, 4) is 11.8 Å². The van der Waals surface area contributed by atoms with Crippen molar-refractivity contribution in [2.45, 2.75) is 18.4 Å². The van der Waals surface area contributed by atoms with Gasteiger partial charge in [0, 0.05) is 17.6 Å². The van der Waals surface area contributed by atoms with E-state index in [1.165, 1.54) is 17.3 Å². The number of carbonyl (C=O) groups is 1. The van der Waals surface area contributed by atoms with Crippen LogP contribution in [-0.4, -0.2) is 29.8 Å². The van der Waals surface area contributed by atoms with Crippen molar-refractivity contribution in [3.63, 3.8) is 0 Å². The lowest BCUT2D eigenvalue weighted by Crippen LogP contribution is -2.30. The van der Waals surface area contributed by atoms with E-state index in [9.17, 15) is 10.1 Å². The number of ether oxygens (including phenoxy) is 1. The van der Waals surface area contributed by atoms with E-state index >= 15 is 0 Å². The van der Waals surface area contributed by atoms with Gasteiger partial charge in [0.05, 0.1) is 23.4 Å². The zero-order valence-corrected chi connectivity index (χ0v) is 16.3. The van der Waals surface area contributed by atoms with E-state index in [1.54, 1.807) is 0 Å². The Hall–Kier alpha value is -3.04. The Labute approximate surface area is 167 Å². The molecule has 0 N–H and O–H groups in total. The molecule has 0 radical (unpaired) electrons. The highest BCUT2D eigenvalue weighted by atomic mass is 32.2. The Morgan fingerprint density at radius 3 is 2.96 bits per heavy atom. The van der Waals surface area contributed by atoms with E-state index < -0.39 is 0 Å². The Morgan fingerprint density at radius 2 is 2.14 bits per heavy atom. The second-order valence-electron chi connectivity index (χ2n) is 6.45. The lowest BCUT2D eigenvalue weighted by atomic mass is 10.1. The fourth-order valence-corrected chi connectivity index (χ4v) is 4.23. The van der Waals surface area contributed by atoms with Gasteiger partial charge in [0.15, 0.2) is 0 Å². The molecule has 0 atom stereocenters. The summed E-state index contributed by atoms with van der Waals surface area (Å²) in [6, 6.07) is 17.6. The van der Waals surface area contributed by atoms with E-state index in [4.69, 9.17) is 4.74 Å². The van der Waals surface area contributed by atoms with Crippen LogP contribution in [0.2, 0.25) is 0 Å². The number of hydrogen-bond donors (Lipinski definition) is 0. The van der Waals surface area contributed by atoms with Crippen molar-refractivity contribution in [2.75, 3.05) is 23.8 Å². The van der Waals surface area contributed by atoms with Crippen LogP contribution < -0.4 is 9.64 Å². The predicted molar refractivity (Wildman–Crippen MR) is 111 cm³/mol. The van der Waals surface area contributed by atoms with Gasteiger partial charge >= 0.3 is 0 Å². The number of nitrogens with zero attached hydrogens (tertiary/aromatic N) is 3. The van der Waals surface area contributed by atoms with Gasteiger partial charge < -0.3 is 9.64 Å². The molecule has 140 valence electrons. The molecule has 0 fully saturated rings. The van der Waals surface area contributed by atoms with Crippen LogP contribution in [-0.2, 0) is 11.2 Å². The van der Waals surface area contributed by atoms with Crippen LogP contribution in [0.4, 0.5) is 5.69 Å². The number of carbonyl (C=O) groups excluding carboxylic acids is 1. The minimum atomic E-state index is 0.0347. The first-order valence-electron chi connectivity index (χ1n) is 9.18. The molecule has 2 aromatic carbocycles. The molecular formula is C22H19N3O2S. The number of thioether (sulfide) groups is 1. The average molecular weight is 389 g/mol. The summed E-state index contributed by atoms with van der Waals surface area (Å²) in [7, 11) is 0. The fraction of sp³-hybridized carbons (Fsp3) is 0.227. The van der Waals surface area contributed by atoms with Gasteiger partial charge in [-0.05, 0) is 49.2 Å². The number of aromatic nitrogens is 1. The molecule has 0 aliphatic carbocycles. The molecule has 1 amide bonds. The number of para-hydroxylation sites is 1. The monoisotopic (exact) mass is 389 g/mol. The molecule has 5 nitrogen and oxygen atoms in total. The number of fused-ring (bicyclic) bond motifs is 2. The van der Waals surface area contributed by atoms with Gasteiger partial charge in [0.2, 0.25) is 5.91 Å². The molecule has 28 heavy (non-hydrogen) atoms. The van der Waals surface area contributed by atoms with Crippen LogP contribution in [0.5, 0.6) is 5.75 Å². The highest BCUT2D eigenvalue weighted by molar-refractivity contribution is 8.00. The summed E-state index contributed by atoms with van der Waals surface area (Å²) in [4.78, 5) is 19.2. The summed E-state index contributed by atoms with van der Waals surface area (Å²) in [5, 5.41) is 11.0. The molecule has 0 saturated carbocycles. The molecule has 0 bridgehead atoms. The summed E-state index contributed by atoms with van der Waals surface area (Å²) >= 11 is 1.31. The number of hydrogen-bond acceptors (Lipinski definition) is 5. The molecule has 0 unspecified atom stereocenters. The maximum atomic E-state index is 12.7. The second kappa shape index (κ2) is 7.91. The maximum Gasteiger partial charge on any atom is 0.237 e. The third-order valence-corrected chi connectivity index (χ3v) is 5.68. The standard InChI is InChI=1S/C22H19N3O2S/c1-2-27-18-7-8-19-16(12-18)11-17(13-23)22(24-19)28-14-21(26)25-10-9-15-5-3-4-6-20(15)25/h3-8,11-12H,2,9-10,14H2,1H3. The first-order chi connectivity index (χ1) is 13.7. The summed E-state index contributed by atoms with van der Waals surface area (Å²) in [5.74, 6) is 1.04. The summed E-state index contributed by atoms with van der Waals surface area (Å²) < 4.78 is 5.52. The topological polar surface area (TPSA) is 66.2 Å². The minimum Gasteiger partial charge on any atom is -0.494 e. The summed E-state index contributed by atoms with van der Waals surface area (Å²) in [5.41, 5.74) is 3.45. The molecule has 4 rings (SSSR count). The minimum absolute atomic E-state index is 0.0347. The van der Waals surface area contributed by atoms with Gasteiger partial charge in [-0.2, -0.15) is 5.26 Å². The number of pyridine rings is 1. The van der Waals surface area contributed by atoms with E-state index in [2.05, 4.69) is 17.1 Å². The van der Waals surface area contributed by atoms with E-state index in [1.807, 2.05) is 54.3 Å².